The van der Waals surface area contributed by atoms with Crippen LogP contribution in [0.1, 0.15) is 30.1 Å². The van der Waals surface area contributed by atoms with Crippen LogP contribution in [0, 0.1) is 11.2 Å². The Hall–Kier alpha value is -1.03. The van der Waals surface area contributed by atoms with Crippen LogP contribution in [0.2, 0.25) is 0 Å². The Morgan fingerprint density at radius 1 is 1.56 bits per heavy atom. The molecule has 0 aliphatic heterocycles. The van der Waals surface area contributed by atoms with E-state index in [1.807, 2.05) is 0 Å². The predicted molar refractivity (Wildman–Crippen MR) is 63.3 cm³/mol. The summed E-state index contributed by atoms with van der Waals surface area (Å²) in [6.45, 7) is 2.83. The molecule has 0 bridgehead atoms. The van der Waals surface area contributed by atoms with Gasteiger partial charge in [-0.25, -0.2) is 4.39 Å². The summed E-state index contributed by atoms with van der Waals surface area (Å²) in [5, 5.41) is 2.85. The van der Waals surface area contributed by atoms with Gasteiger partial charge in [0.15, 0.2) is 0 Å². The molecule has 1 aliphatic rings. The predicted octanol–water partition coefficient (Wildman–Crippen LogP) is 2.64. The van der Waals surface area contributed by atoms with E-state index in [1.54, 1.807) is 0 Å². The highest BCUT2D eigenvalue weighted by molar-refractivity contribution is 7.80. The minimum atomic E-state index is -0.408. The van der Waals surface area contributed by atoms with Crippen LogP contribution in [0.3, 0.4) is 0 Å². The second-order valence-corrected chi connectivity index (χ2v) is 5.14. The molecule has 0 heterocycles. The maximum Gasteiger partial charge on any atom is 0.251 e. The number of nitrogens with one attached hydrogen (secondary N) is 1. The fraction of sp³-hybridized carbons (Fsp3) is 0.417. The number of halogens is 1. The smallest absolute Gasteiger partial charge is 0.251 e. The van der Waals surface area contributed by atoms with Gasteiger partial charge in [-0.3, -0.25) is 4.79 Å². The van der Waals surface area contributed by atoms with Gasteiger partial charge in [0.25, 0.3) is 5.91 Å². The van der Waals surface area contributed by atoms with Gasteiger partial charge in [0.05, 0.1) is 0 Å². The van der Waals surface area contributed by atoms with Crippen LogP contribution in [-0.4, -0.2) is 12.5 Å². The lowest BCUT2D eigenvalue weighted by atomic mass is 10.1. The second-order valence-electron chi connectivity index (χ2n) is 4.66. The highest BCUT2D eigenvalue weighted by Crippen LogP contribution is 2.44. The number of thiol groups is 1. The van der Waals surface area contributed by atoms with Crippen molar-refractivity contribution in [3.63, 3.8) is 0 Å². The molecule has 1 amide bonds. The third-order valence-electron chi connectivity index (χ3n) is 2.99. The third kappa shape index (κ3) is 2.55. The first kappa shape index (κ1) is 11.5. The summed E-state index contributed by atoms with van der Waals surface area (Å²) in [5.41, 5.74) is 0.732. The topological polar surface area (TPSA) is 29.1 Å². The van der Waals surface area contributed by atoms with Gasteiger partial charge in [-0.15, -0.1) is 12.6 Å². The molecule has 1 aromatic rings. The van der Waals surface area contributed by atoms with Crippen molar-refractivity contribution in [2.24, 2.45) is 5.41 Å². The number of hydrogen-bond acceptors (Lipinski definition) is 2. The number of hydrogen-bond donors (Lipinski definition) is 2. The van der Waals surface area contributed by atoms with Crippen LogP contribution in [0.4, 0.5) is 4.39 Å². The Kier molecular flexibility index (Phi) is 2.93. The van der Waals surface area contributed by atoms with Gasteiger partial charge in [-0.1, -0.05) is 6.92 Å². The average Bonchev–Trinajstić information content (AvgIpc) is 2.98. The summed E-state index contributed by atoms with van der Waals surface area (Å²) in [4.78, 5) is 11.9. The van der Waals surface area contributed by atoms with Gasteiger partial charge in [-0.05, 0) is 36.5 Å². The SMILES string of the molecule is CC1(CNC(=O)c2ccc(F)c(S)c2)CC1. The van der Waals surface area contributed by atoms with Crippen molar-refractivity contribution >= 4 is 18.5 Å². The van der Waals surface area contributed by atoms with Crippen molar-refractivity contribution in [2.75, 3.05) is 6.54 Å². The van der Waals surface area contributed by atoms with Crippen LogP contribution >= 0.6 is 12.6 Å². The molecular weight excluding hydrogens is 225 g/mol. The minimum Gasteiger partial charge on any atom is -0.351 e. The molecule has 2 nitrogen and oxygen atoms in total. The van der Waals surface area contributed by atoms with E-state index in [1.165, 1.54) is 18.2 Å². The fourth-order valence-corrected chi connectivity index (χ4v) is 1.65. The van der Waals surface area contributed by atoms with Crippen molar-refractivity contribution in [2.45, 2.75) is 24.7 Å². The van der Waals surface area contributed by atoms with Crippen LogP contribution in [-0.2, 0) is 0 Å². The highest BCUT2D eigenvalue weighted by Gasteiger charge is 2.37. The van der Waals surface area contributed by atoms with Gasteiger partial charge in [0.1, 0.15) is 5.82 Å². The van der Waals surface area contributed by atoms with Crippen LogP contribution in [0.25, 0.3) is 0 Å². The lowest BCUT2D eigenvalue weighted by Gasteiger charge is -2.10. The summed E-state index contributed by atoms with van der Waals surface area (Å²) in [6.07, 6.45) is 2.32. The Balaban J connectivity index is 2.00. The first-order valence-electron chi connectivity index (χ1n) is 5.27. The lowest BCUT2D eigenvalue weighted by Crippen LogP contribution is -2.28. The Labute approximate surface area is 99.6 Å². The van der Waals surface area contributed by atoms with E-state index in [-0.39, 0.29) is 16.2 Å². The zero-order valence-electron chi connectivity index (χ0n) is 9.09. The van der Waals surface area contributed by atoms with E-state index in [9.17, 15) is 9.18 Å². The van der Waals surface area contributed by atoms with E-state index in [4.69, 9.17) is 0 Å². The molecule has 2 rings (SSSR count). The summed E-state index contributed by atoms with van der Waals surface area (Å²) in [5.74, 6) is -0.572. The van der Waals surface area contributed by atoms with Crippen LogP contribution in [0.15, 0.2) is 23.1 Å². The molecule has 1 N–H and O–H groups in total. The minimum absolute atomic E-state index is 0.163. The molecule has 4 heteroatoms. The molecule has 1 fully saturated rings. The number of amides is 1. The van der Waals surface area contributed by atoms with E-state index in [0.717, 1.165) is 12.8 Å². The molecule has 86 valence electrons. The number of benzene rings is 1. The molecule has 16 heavy (non-hydrogen) atoms. The molecule has 0 saturated heterocycles. The zero-order valence-corrected chi connectivity index (χ0v) is 9.98. The number of rotatable bonds is 3. The van der Waals surface area contributed by atoms with Crippen molar-refractivity contribution < 1.29 is 9.18 Å². The largest absolute Gasteiger partial charge is 0.351 e. The molecule has 0 unspecified atom stereocenters. The molecule has 1 aromatic carbocycles. The van der Waals surface area contributed by atoms with E-state index < -0.39 is 5.82 Å². The second kappa shape index (κ2) is 4.09. The summed E-state index contributed by atoms with van der Waals surface area (Å²) < 4.78 is 12.9. The molecule has 1 saturated carbocycles. The van der Waals surface area contributed by atoms with Gasteiger partial charge in [0, 0.05) is 17.0 Å². The van der Waals surface area contributed by atoms with Crippen molar-refractivity contribution in [1.29, 1.82) is 0 Å². The Morgan fingerprint density at radius 3 is 2.81 bits per heavy atom. The first-order valence-corrected chi connectivity index (χ1v) is 5.72. The van der Waals surface area contributed by atoms with Gasteiger partial charge >= 0.3 is 0 Å². The summed E-state index contributed by atoms with van der Waals surface area (Å²) >= 11 is 3.94. The third-order valence-corrected chi connectivity index (χ3v) is 3.33. The molecule has 0 radical (unpaired) electrons. The average molecular weight is 239 g/mol. The van der Waals surface area contributed by atoms with Crippen molar-refractivity contribution in [3.05, 3.63) is 29.6 Å². The maximum absolute atomic E-state index is 12.9. The quantitative estimate of drug-likeness (QED) is 0.780. The van der Waals surface area contributed by atoms with Gasteiger partial charge in [-0.2, -0.15) is 0 Å². The molecular formula is C12H14FNOS. The Morgan fingerprint density at radius 2 is 2.25 bits per heavy atom. The normalized spacial score (nSPS) is 16.9. The molecule has 0 aromatic heterocycles. The van der Waals surface area contributed by atoms with Crippen molar-refractivity contribution in [3.8, 4) is 0 Å². The number of carbonyl (C=O) groups is 1. The number of carbonyl (C=O) groups excluding carboxylic acids is 1. The highest BCUT2D eigenvalue weighted by atomic mass is 32.1. The lowest BCUT2D eigenvalue weighted by molar-refractivity contribution is 0.0946. The monoisotopic (exact) mass is 239 g/mol. The molecule has 0 atom stereocenters. The zero-order chi connectivity index (χ0) is 11.8. The summed E-state index contributed by atoms with van der Waals surface area (Å²) in [7, 11) is 0. The van der Waals surface area contributed by atoms with Crippen molar-refractivity contribution in [1.82, 2.24) is 5.32 Å². The molecule has 0 spiro atoms. The van der Waals surface area contributed by atoms with E-state index in [2.05, 4.69) is 24.9 Å². The standard InChI is InChI=1S/C12H14FNOS/c1-12(4-5-12)7-14-11(15)8-2-3-9(13)10(16)6-8/h2-3,6,16H,4-5,7H2,1H3,(H,14,15). The van der Waals surface area contributed by atoms with E-state index >= 15 is 0 Å². The van der Waals surface area contributed by atoms with Crippen LogP contribution < -0.4 is 5.32 Å². The van der Waals surface area contributed by atoms with Gasteiger partial charge < -0.3 is 5.32 Å². The molecule has 1 aliphatic carbocycles. The summed E-state index contributed by atoms with van der Waals surface area (Å²) in [6, 6.07) is 4.18. The maximum atomic E-state index is 12.9. The van der Waals surface area contributed by atoms with E-state index in [0.29, 0.717) is 12.1 Å². The van der Waals surface area contributed by atoms with Gasteiger partial charge in [0.2, 0.25) is 0 Å². The van der Waals surface area contributed by atoms with Crippen LogP contribution in [0.5, 0.6) is 0 Å². The fourth-order valence-electron chi connectivity index (χ4n) is 1.44. The Bertz CT molecular complexity index is 429. The first-order chi connectivity index (χ1) is 7.50.